The molecule has 0 N–H and O–H groups in total. The molecule has 0 unspecified atom stereocenters. The molecule has 0 aliphatic heterocycles. The van der Waals surface area contributed by atoms with E-state index in [1.165, 1.54) is 24.8 Å². The predicted molar refractivity (Wildman–Crippen MR) is 74.8 cm³/mol. The van der Waals surface area contributed by atoms with Gasteiger partial charge in [-0.1, -0.05) is 31.9 Å². The maximum absolute atomic E-state index is 11.8. The molecule has 0 fully saturated rings. The van der Waals surface area contributed by atoms with Gasteiger partial charge in [-0.3, -0.25) is 0 Å². The highest BCUT2D eigenvalue weighted by Crippen LogP contribution is 2.14. The lowest BCUT2D eigenvalue weighted by Crippen LogP contribution is -2.23. The first-order valence-corrected chi connectivity index (χ1v) is 6.74. The van der Waals surface area contributed by atoms with Crippen molar-refractivity contribution in [2.24, 2.45) is 0 Å². The third-order valence-corrected chi connectivity index (χ3v) is 2.66. The van der Waals surface area contributed by atoms with E-state index in [1.807, 2.05) is 45.0 Å². The summed E-state index contributed by atoms with van der Waals surface area (Å²) in [5, 5.41) is 0. The summed E-state index contributed by atoms with van der Waals surface area (Å²) in [6, 6.07) is 7.76. The highest BCUT2D eigenvalue weighted by Gasteiger charge is 2.17. The first-order valence-electron chi connectivity index (χ1n) is 6.74. The smallest absolute Gasteiger partial charge is 0.338 e. The molecule has 0 radical (unpaired) electrons. The number of ether oxygens (including phenoxy) is 1. The van der Waals surface area contributed by atoms with Gasteiger partial charge in [-0.25, -0.2) is 4.79 Å². The number of rotatable bonds is 5. The van der Waals surface area contributed by atoms with Crippen LogP contribution in [0.5, 0.6) is 0 Å². The summed E-state index contributed by atoms with van der Waals surface area (Å²) >= 11 is 0. The minimum Gasteiger partial charge on any atom is -0.456 e. The third-order valence-electron chi connectivity index (χ3n) is 2.66. The van der Waals surface area contributed by atoms with Crippen molar-refractivity contribution in [1.29, 1.82) is 0 Å². The quantitative estimate of drug-likeness (QED) is 0.571. The molecule has 0 atom stereocenters. The molecule has 0 bridgehead atoms. The summed E-state index contributed by atoms with van der Waals surface area (Å²) in [6.07, 6.45) is 4.79. The van der Waals surface area contributed by atoms with Crippen LogP contribution in [-0.2, 0) is 11.2 Å². The normalized spacial score (nSPS) is 11.3. The lowest BCUT2D eigenvalue weighted by molar-refractivity contribution is 0.00695. The van der Waals surface area contributed by atoms with Crippen LogP contribution in [0.15, 0.2) is 24.3 Å². The van der Waals surface area contributed by atoms with Crippen molar-refractivity contribution in [3.05, 3.63) is 35.4 Å². The second-order valence-electron chi connectivity index (χ2n) is 5.66. The van der Waals surface area contributed by atoms with Gasteiger partial charge in [-0.05, 0) is 51.3 Å². The molecule has 100 valence electrons. The van der Waals surface area contributed by atoms with E-state index >= 15 is 0 Å². The Morgan fingerprint density at radius 3 is 2.22 bits per heavy atom. The minimum atomic E-state index is -0.434. The van der Waals surface area contributed by atoms with Crippen molar-refractivity contribution in [1.82, 2.24) is 0 Å². The molecular weight excluding hydrogens is 224 g/mol. The molecule has 1 rings (SSSR count). The number of aryl methyl sites for hydroxylation is 1. The van der Waals surface area contributed by atoms with Crippen molar-refractivity contribution in [3.8, 4) is 0 Å². The molecule has 0 saturated heterocycles. The van der Waals surface area contributed by atoms with E-state index in [-0.39, 0.29) is 5.97 Å². The number of unbranched alkanes of at least 4 members (excludes halogenated alkanes) is 2. The summed E-state index contributed by atoms with van der Waals surface area (Å²) in [5.41, 5.74) is 1.48. The van der Waals surface area contributed by atoms with Crippen molar-refractivity contribution in [2.45, 2.75) is 59.0 Å². The van der Waals surface area contributed by atoms with Crippen molar-refractivity contribution in [2.75, 3.05) is 0 Å². The van der Waals surface area contributed by atoms with Gasteiger partial charge in [0.1, 0.15) is 5.60 Å². The Morgan fingerprint density at radius 2 is 1.72 bits per heavy atom. The van der Waals surface area contributed by atoms with Crippen LogP contribution in [0.1, 0.15) is 62.9 Å². The van der Waals surface area contributed by atoms with Crippen LogP contribution < -0.4 is 0 Å². The molecule has 2 nitrogen and oxygen atoms in total. The highest BCUT2D eigenvalue weighted by molar-refractivity contribution is 5.89. The first-order chi connectivity index (χ1) is 8.42. The van der Waals surface area contributed by atoms with Gasteiger partial charge in [0.15, 0.2) is 0 Å². The van der Waals surface area contributed by atoms with Gasteiger partial charge >= 0.3 is 5.97 Å². The van der Waals surface area contributed by atoms with E-state index in [4.69, 9.17) is 4.74 Å². The van der Waals surface area contributed by atoms with Gasteiger partial charge < -0.3 is 4.74 Å². The van der Waals surface area contributed by atoms with E-state index in [0.29, 0.717) is 5.56 Å². The topological polar surface area (TPSA) is 26.3 Å². The zero-order chi connectivity index (χ0) is 13.6. The van der Waals surface area contributed by atoms with Gasteiger partial charge in [0.05, 0.1) is 5.56 Å². The number of esters is 1. The highest BCUT2D eigenvalue weighted by atomic mass is 16.6. The summed E-state index contributed by atoms with van der Waals surface area (Å²) in [7, 11) is 0. The second-order valence-corrected chi connectivity index (χ2v) is 5.66. The molecule has 0 heterocycles. The fourth-order valence-electron chi connectivity index (χ4n) is 1.72. The Kier molecular flexibility index (Phi) is 5.39. The number of carbonyl (C=O) groups excluding carboxylic acids is 1. The van der Waals surface area contributed by atoms with E-state index in [1.54, 1.807) is 0 Å². The molecule has 0 amide bonds. The fraction of sp³-hybridized carbons (Fsp3) is 0.562. The van der Waals surface area contributed by atoms with Crippen LogP contribution in [0, 0.1) is 0 Å². The van der Waals surface area contributed by atoms with Gasteiger partial charge in [-0.2, -0.15) is 0 Å². The number of hydrogen-bond donors (Lipinski definition) is 0. The standard InChI is InChI=1S/C16H24O2/c1-5-6-7-8-13-9-11-14(12-10-13)15(17)18-16(2,3)4/h9-12H,5-8H2,1-4H3. The Bertz CT molecular complexity index is 371. The lowest BCUT2D eigenvalue weighted by atomic mass is 10.1. The van der Waals surface area contributed by atoms with Crippen LogP contribution in [0.4, 0.5) is 0 Å². The zero-order valence-electron chi connectivity index (χ0n) is 12.0. The number of carbonyl (C=O) groups is 1. The third kappa shape index (κ3) is 5.35. The molecule has 0 spiro atoms. The van der Waals surface area contributed by atoms with Crippen LogP contribution >= 0.6 is 0 Å². The molecule has 0 aliphatic rings. The Labute approximate surface area is 110 Å². The van der Waals surface area contributed by atoms with Gasteiger partial charge in [0, 0.05) is 0 Å². The largest absolute Gasteiger partial charge is 0.456 e. The van der Waals surface area contributed by atoms with Gasteiger partial charge in [0.25, 0.3) is 0 Å². The molecule has 0 aliphatic carbocycles. The zero-order valence-corrected chi connectivity index (χ0v) is 12.0. The summed E-state index contributed by atoms with van der Waals surface area (Å²) in [4.78, 5) is 11.8. The minimum absolute atomic E-state index is 0.248. The SMILES string of the molecule is CCCCCc1ccc(C(=O)OC(C)(C)C)cc1. The summed E-state index contributed by atoms with van der Waals surface area (Å²) in [5.74, 6) is -0.248. The van der Waals surface area contributed by atoms with Crippen LogP contribution in [0.2, 0.25) is 0 Å². The van der Waals surface area contributed by atoms with Crippen molar-refractivity contribution >= 4 is 5.97 Å². The molecule has 0 aromatic heterocycles. The summed E-state index contributed by atoms with van der Waals surface area (Å²) < 4.78 is 5.32. The van der Waals surface area contributed by atoms with Crippen molar-refractivity contribution < 1.29 is 9.53 Å². The lowest BCUT2D eigenvalue weighted by Gasteiger charge is -2.19. The van der Waals surface area contributed by atoms with Gasteiger partial charge in [0.2, 0.25) is 0 Å². The first kappa shape index (κ1) is 14.7. The van der Waals surface area contributed by atoms with Crippen LogP contribution in [-0.4, -0.2) is 11.6 Å². The Balaban J connectivity index is 2.57. The van der Waals surface area contributed by atoms with Crippen LogP contribution in [0.3, 0.4) is 0 Å². The molecular formula is C16H24O2. The molecule has 0 saturated carbocycles. The molecule has 2 heteroatoms. The van der Waals surface area contributed by atoms with Gasteiger partial charge in [-0.15, -0.1) is 0 Å². The molecule has 1 aromatic rings. The van der Waals surface area contributed by atoms with Crippen LogP contribution in [0.25, 0.3) is 0 Å². The average molecular weight is 248 g/mol. The molecule has 18 heavy (non-hydrogen) atoms. The fourth-order valence-corrected chi connectivity index (χ4v) is 1.72. The average Bonchev–Trinajstić information content (AvgIpc) is 2.28. The predicted octanol–water partition coefficient (Wildman–Crippen LogP) is 4.37. The van der Waals surface area contributed by atoms with Crippen molar-refractivity contribution in [3.63, 3.8) is 0 Å². The molecule has 1 aromatic carbocycles. The monoisotopic (exact) mass is 248 g/mol. The number of hydrogen-bond acceptors (Lipinski definition) is 2. The van der Waals surface area contributed by atoms with E-state index in [9.17, 15) is 4.79 Å². The second kappa shape index (κ2) is 6.58. The maximum Gasteiger partial charge on any atom is 0.338 e. The summed E-state index contributed by atoms with van der Waals surface area (Å²) in [6.45, 7) is 7.84. The Hall–Kier alpha value is -1.31. The Morgan fingerprint density at radius 1 is 1.11 bits per heavy atom. The van der Waals surface area contributed by atoms with E-state index < -0.39 is 5.60 Å². The van der Waals surface area contributed by atoms with E-state index in [0.717, 1.165) is 6.42 Å². The van der Waals surface area contributed by atoms with E-state index in [2.05, 4.69) is 6.92 Å². The maximum atomic E-state index is 11.8. The number of benzene rings is 1.